The number of rotatable bonds is 2. The quantitative estimate of drug-likeness (QED) is 0.794. The number of nitriles is 1. The molecule has 1 atom stereocenters. The summed E-state index contributed by atoms with van der Waals surface area (Å²) in [7, 11) is 1.48. The van der Waals surface area contributed by atoms with Crippen molar-refractivity contribution < 1.29 is 9.53 Å². The molecular formula is C11H11N3O2S. The molecule has 1 unspecified atom stereocenters. The number of carbonyl (C=O) groups is 1. The van der Waals surface area contributed by atoms with Crippen LogP contribution in [0.15, 0.2) is 12.3 Å². The molecule has 1 aliphatic rings. The molecule has 2 rings (SSSR count). The molecule has 1 aromatic rings. The first kappa shape index (κ1) is 11.7. The van der Waals surface area contributed by atoms with Crippen LogP contribution in [0.3, 0.4) is 0 Å². The Kier molecular flexibility index (Phi) is 3.20. The minimum atomic E-state index is -0.0674. The van der Waals surface area contributed by atoms with Crippen LogP contribution in [-0.4, -0.2) is 29.8 Å². The van der Waals surface area contributed by atoms with Crippen molar-refractivity contribution in [3.8, 4) is 11.8 Å². The molecule has 1 amide bonds. The molecule has 0 aliphatic carbocycles. The van der Waals surface area contributed by atoms with E-state index < -0.39 is 0 Å². The number of methoxy groups -OCH3 is 1. The normalized spacial score (nSPS) is 19.2. The van der Waals surface area contributed by atoms with Gasteiger partial charge in [-0.15, -0.1) is 0 Å². The Morgan fingerprint density at radius 1 is 1.71 bits per heavy atom. The summed E-state index contributed by atoms with van der Waals surface area (Å²) in [6.45, 7) is 0.469. The summed E-state index contributed by atoms with van der Waals surface area (Å²) >= 11 is 4.27. The van der Waals surface area contributed by atoms with Gasteiger partial charge in [0.05, 0.1) is 7.11 Å². The second-order valence-electron chi connectivity index (χ2n) is 3.69. The fourth-order valence-electron chi connectivity index (χ4n) is 1.81. The minimum Gasteiger partial charge on any atom is -0.495 e. The first-order valence-corrected chi connectivity index (χ1v) is 5.60. The van der Waals surface area contributed by atoms with Crippen LogP contribution in [0.1, 0.15) is 12.0 Å². The van der Waals surface area contributed by atoms with Crippen LogP contribution < -0.4 is 9.64 Å². The Morgan fingerprint density at radius 3 is 3.00 bits per heavy atom. The highest BCUT2D eigenvalue weighted by Gasteiger charge is 2.31. The van der Waals surface area contributed by atoms with E-state index in [1.807, 2.05) is 6.07 Å². The van der Waals surface area contributed by atoms with E-state index in [1.165, 1.54) is 18.2 Å². The zero-order valence-corrected chi connectivity index (χ0v) is 10.1. The number of hydrogen-bond donors (Lipinski definition) is 1. The average Bonchev–Trinajstić information content (AvgIpc) is 2.67. The van der Waals surface area contributed by atoms with Crippen molar-refractivity contribution in [2.45, 2.75) is 11.7 Å². The van der Waals surface area contributed by atoms with E-state index in [0.717, 1.165) is 0 Å². The Labute approximate surface area is 104 Å². The fraction of sp³-hybridized carbons (Fsp3) is 0.364. The third-order valence-electron chi connectivity index (χ3n) is 2.58. The van der Waals surface area contributed by atoms with Crippen molar-refractivity contribution in [2.75, 3.05) is 18.6 Å². The van der Waals surface area contributed by atoms with Crippen LogP contribution in [-0.2, 0) is 4.79 Å². The number of aromatic nitrogens is 1. The number of hydrogen-bond acceptors (Lipinski definition) is 5. The molecule has 88 valence electrons. The Balaban J connectivity index is 2.46. The predicted octanol–water partition coefficient (Wildman–Crippen LogP) is 0.997. The number of ether oxygens (including phenoxy) is 1. The minimum absolute atomic E-state index is 0.0120. The molecule has 1 saturated heterocycles. The van der Waals surface area contributed by atoms with E-state index in [4.69, 9.17) is 10.00 Å². The summed E-state index contributed by atoms with van der Waals surface area (Å²) in [6, 6.07) is 3.62. The summed E-state index contributed by atoms with van der Waals surface area (Å²) in [4.78, 5) is 17.3. The van der Waals surface area contributed by atoms with Crippen molar-refractivity contribution in [1.29, 1.82) is 5.26 Å². The molecule has 0 spiro atoms. The van der Waals surface area contributed by atoms with Gasteiger partial charge in [-0.2, -0.15) is 17.9 Å². The van der Waals surface area contributed by atoms with E-state index in [2.05, 4.69) is 17.6 Å². The number of pyridine rings is 1. The van der Waals surface area contributed by atoms with Crippen LogP contribution in [0.2, 0.25) is 0 Å². The van der Waals surface area contributed by atoms with Crippen LogP contribution in [0.4, 0.5) is 5.82 Å². The van der Waals surface area contributed by atoms with Crippen molar-refractivity contribution in [3.05, 3.63) is 17.8 Å². The summed E-state index contributed by atoms with van der Waals surface area (Å²) in [5.74, 6) is 0.712. The monoisotopic (exact) mass is 249 g/mol. The van der Waals surface area contributed by atoms with Gasteiger partial charge >= 0.3 is 0 Å². The maximum atomic E-state index is 11.7. The maximum absolute atomic E-state index is 11.7. The van der Waals surface area contributed by atoms with Crippen molar-refractivity contribution >= 4 is 24.4 Å². The van der Waals surface area contributed by atoms with Gasteiger partial charge in [-0.05, 0) is 6.07 Å². The van der Waals surface area contributed by atoms with Crippen LogP contribution in [0.5, 0.6) is 5.75 Å². The summed E-state index contributed by atoms with van der Waals surface area (Å²) < 4.78 is 5.08. The number of carbonyl (C=O) groups excluding carboxylic acids is 1. The highest BCUT2D eigenvalue weighted by molar-refractivity contribution is 7.81. The van der Waals surface area contributed by atoms with E-state index in [0.29, 0.717) is 24.5 Å². The van der Waals surface area contributed by atoms with E-state index in [9.17, 15) is 4.79 Å². The van der Waals surface area contributed by atoms with Crippen molar-refractivity contribution in [3.63, 3.8) is 0 Å². The molecule has 0 aromatic carbocycles. The molecule has 1 aromatic heterocycles. The van der Waals surface area contributed by atoms with Gasteiger partial charge in [0, 0.05) is 24.4 Å². The second-order valence-corrected chi connectivity index (χ2v) is 4.42. The number of anilines is 1. The molecule has 1 fully saturated rings. The highest BCUT2D eigenvalue weighted by Crippen LogP contribution is 2.29. The van der Waals surface area contributed by atoms with Crippen LogP contribution in [0.25, 0.3) is 0 Å². The first-order valence-electron chi connectivity index (χ1n) is 5.09. The molecule has 0 radical (unpaired) electrons. The Morgan fingerprint density at radius 2 is 2.47 bits per heavy atom. The third-order valence-corrected chi connectivity index (χ3v) is 2.93. The van der Waals surface area contributed by atoms with Crippen LogP contribution in [0, 0.1) is 11.3 Å². The SMILES string of the molecule is COc1ccnc(N2CC(S)CC2=O)c1C#N. The maximum Gasteiger partial charge on any atom is 0.229 e. The highest BCUT2D eigenvalue weighted by atomic mass is 32.1. The Bertz CT molecular complexity index is 498. The molecule has 17 heavy (non-hydrogen) atoms. The number of thiol groups is 1. The van der Waals surface area contributed by atoms with E-state index in [1.54, 1.807) is 6.07 Å². The lowest BCUT2D eigenvalue weighted by molar-refractivity contribution is -0.117. The Hall–Kier alpha value is -1.74. The van der Waals surface area contributed by atoms with Crippen LogP contribution >= 0.6 is 12.6 Å². The molecule has 1 aliphatic heterocycles. The van der Waals surface area contributed by atoms with Gasteiger partial charge < -0.3 is 4.74 Å². The largest absolute Gasteiger partial charge is 0.495 e. The standard InChI is InChI=1S/C11H11N3O2S/c1-16-9-2-3-13-11(8(9)5-12)14-6-7(17)4-10(14)15/h2-3,7,17H,4,6H2,1H3. The molecule has 5 nitrogen and oxygen atoms in total. The lowest BCUT2D eigenvalue weighted by Crippen LogP contribution is -2.26. The average molecular weight is 249 g/mol. The van der Waals surface area contributed by atoms with Gasteiger partial charge in [0.25, 0.3) is 0 Å². The summed E-state index contributed by atoms with van der Waals surface area (Å²) in [5, 5.41) is 9.10. The van der Waals surface area contributed by atoms with Gasteiger partial charge in [-0.25, -0.2) is 4.98 Å². The van der Waals surface area contributed by atoms with Gasteiger partial charge in [0.1, 0.15) is 17.4 Å². The lowest BCUT2D eigenvalue weighted by atomic mass is 10.2. The van der Waals surface area contributed by atoms with Gasteiger partial charge in [0.2, 0.25) is 5.91 Å². The van der Waals surface area contributed by atoms with Gasteiger partial charge in [-0.1, -0.05) is 0 Å². The molecule has 6 heteroatoms. The smallest absolute Gasteiger partial charge is 0.229 e. The van der Waals surface area contributed by atoms with Crippen molar-refractivity contribution in [1.82, 2.24) is 4.98 Å². The zero-order valence-electron chi connectivity index (χ0n) is 9.25. The topological polar surface area (TPSA) is 66.2 Å². The molecular weight excluding hydrogens is 238 g/mol. The predicted molar refractivity (Wildman–Crippen MR) is 65.2 cm³/mol. The fourth-order valence-corrected chi connectivity index (χ4v) is 2.13. The molecule has 0 saturated carbocycles. The van der Waals surface area contributed by atoms with Gasteiger partial charge in [0.15, 0.2) is 5.82 Å². The zero-order chi connectivity index (χ0) is 12.4. The second kappa shape index (κ2) is 4.63. The lowest BCUT2D eigenvalue weighted by Gasteiger charge is -2.17. The van der Waals surface area contributed by atoms with E-state index in [-0.39, 0.29) is 16.7 Å². The van der Waals surface area contributed by atoms with Crippen molar-refractivity contribution in [2.24, 2.45) is 0 Å². The third kappa shape index (κ3) is 2.06. The molecule has 0 bridgehead atoms. The number of amides is 1. The van der Waals surface area contributed by atoms with E-state index >= 15 is 0 Å². The molecule has 2 heterocycles. The van der Waals surface area contributed by atoms with Gasteiger partial charge in [-0.3, -0.25) is 9.69 Å². The first-order chi connectivity index (χ1) is 8.17. The molecule has 0 N–H and O–H groups in total. The summed E-state index contributed by atoms with van der Waals surface area (Å²) in [5.41, 5.74) is 0.283. The summed E-state index contributed by atoms with van der Waals surface area (Å²) in [6.07, 6.45) is 1.89. The number of nitrogens with zero attached hydrogens (tertiary/aromatic N) is 3.